The van der Waals surface area contributed by atoms with Gasteiger partial charge in [-0.15, -0.1) is 0 Å². The van der Waals surface area contributed by atoms with Crippen molar-refractivity contribution in [2.75, 3.05) is 4.90 Å². The fourth-order valence-electron chi connectivity index (χ4n) is 10.0. The first-order chi connectivity index (χ1) is 28.5. The molecule has 58 heavy (non-hydrogen) atoms. The predicted molar refractivity (Wildman–Crippen MR) is 248 cm³/mol. The lowest BCUT2D eigenvalue weighted by molar-refractivity contribution is 0.494. The Morgan fingerprint density at radius 3 is 2.38 bits per heavy atom. The molecule has 0 amide bonds. The molecule has 0 spiro atoms. The van der Waals surface area contributed by atoms with E-state index in [1.165, 1.54) is 76.0 Å². The number of hydrogen-bond acceptors (Lipinski definition) is 3. The average Bonchev–Trinajstić information content (AvgIpc) is 3.86. The van der Waals surface area contributed by atoms with Crippen molar-refractivity contribution < 1.29 is 0 Å². The van der Waals surface area contributed by atoms with Gasteiger partial charge in [-0.1, -0.05) is 105 Å². The first-order valence-corrected chi connectivity index (χ1v) is 22.2. The molecule has 282 valence electrons. The Bertz CT molecular complexity index is 3130. The summed E-state index contributed by atoms with van der Waals surface area (Å²) < 4.78 is 5.18. The monoisotopic (exact) mass is 769 g/mol. The fourth-order valence-corrected chi connectivity index (χ4v) is 11.8. The van der Waals surface area contributed by atoms with E-state index in [0.717, 1.165) is 53.8 Å². The van der Waals surface area contributed by atoms with Gasteiger partial charge in [0.1, 0.15) is 6.26 Å². The summed E-state index contributed by atoms with van der Waals surface area (Å²) >= 11 is 0. The van der Waals surface area contributed by atoms with E-state index in [2.05, 4.69) is 182 Å². The van der Waals surface area contributed by atoms with Gasteiger partial charge < -0.3 is 4.90 Å². The molecule has 2 aliphatic rings. The molecule has 9 aromatic rings. The van der Waals surface area contributed by atoms with Gasteiger partial charge in [0.15, 0.2) is 9.40 Å². The number of rotatable bonds is 6. The highest BCUT2D eigenvalue weighted by Gasteiger charge is 2.35. The van der Waals surface area contributed by atoms with Gasteiger partial charge in [-0.25, -0.2) is 9.97 Å². The molecule has 1 aliphatic heterocycles. The Balaban J connectivity index is 1.08. The topological polar surface area (TPSA) is 34.0 Å². The molecule has 4 nitrogen and oxygen atoms in total. The summed E-state index contributed by atoms with van der Waals surface area (Å²) in [5.74, 6) is 1.37. The van der Waals surface area contributed by atoms with Gasteiger partial charge in [-0.2, -0.15) is 0 Å². The van der Waals surface area contributed by atoms with E-state index in [-0.39, 0.29) is 16.5 Å². The Kier molecular flexibility index (Phi) is 8.23. The summed E-state index contributed by atoms with van der Waals surface area (Å²) in [6, 6.07) is 50.9. The normalized spacial score (nSPS) is 17.2. The fraction of sp³-hybridized carbons (Fsp3) is 0.170. The van der Waals surface area contributed by atoms with Gasteiger partial charge in [0.2, 0.25) is 5.95 Å². The lowest BCUT2D eigenvalue weighted by atomic mass is 9.87. The third kappa shape index (κ3) is 5.33. The molecule has 11 rings (SSSR count). The van der Waals surface area contributed by atoms with Crippen molar-refractivity contribution in [3.8, 4) is 17.2 Å². The molecule has 6 aromatic carbocycles. The Morgan fingerprint density at radius 1 is 0.793 bits per heavy atom. The second-order valence-corrected chi connectivity index (χ2v) is 18.1. The molecule has 1 aliphatic carbocycles. The number of aromatic nitrogens is 3. The van der Waals surface area contributed by atoms with E-state index in [4.69, 9.17) is 9.97 Å². The van der Waals surface area contributed by atoms with Crippen LogP contribution in [0.5, 0.6) is 0 Å². The van der Waals surface area contributed by atoms with Crippen LogP contribution in [-0.2, 0) is 19.1 Å². The van der Waals surface area contributed by atoms with Crippen LogP contribution >= 0.6 is 10.5 Å². The molecule has 2 unspecified atom stereocenters. The van der Waals surface area contributed by atoms with E-state index >= 15 is 0 Å². The lowest BCUT2D eigenvalue weighted by Gasteiger charge is -2.29. The number of hydrogen-bond donors (Lipinski definition) is 0. The van der Waals surface area contributed by atoms with Crippen LogP contribution in [0.25, 0.3) is 70.3 Å². The van der Waals surface area contributed by atoms with E-state index in [1.54, 1.807) is 0 Å². The number of anilines is 2. The molecule has 0 saturated heterocycles. The van der Waals surface area contributed by atoms with Crippen molar-refractivity contribution in [3.63, 3.8) is 0 Å². The van der Waals surface area contributed by atoms with Gasteiger partial charge in [0.05, 0.1) is 28.2 Å². The summed E-state index contributed by atoms with van der Waals surface area (Å²) in [5, 5.41) is 5.06. The van der Waals surface area contributed by atoms with Crippen molar-refractivity contribution in [1.82, 2.24) is 14.5 Å². The second kappa shape index (κ2) is 13.7. The summed E-state index contributed by atoms with van der Waals surface area (Å²) in [5.41, 5.74) is 14.5. The number of thiophene rings is 1. The maximum Gasteiger partial charge on any atom is 0.235 e. The molecule has 0 N–H and O–H groups in total. The molecule has 3 atom stereocenters. The molecule has 0 bridgehead atoms. The molecule has 5 heteroatoms. The number of fused-ring (bicyclic) bond motifs is 9. The third-order valence-corrected chi connectivity index (χ3v) is 14.9. The molecule has 4 heterocycles. The zero-order valence-corrected chi connectivity index (χ0v) is 34.1. The molecule has 0 radical (unpaired) electrons. The zero-order chi connectivity index (χ0) is 39.1. The van der Waals surface area contributed by atoms with Gasteiger partial charge in [0, 0.05) is 50.4 Å². The van der Waals surface area contributed by atoms with Gasteiger partial charge >= 0.3 is 0 Å². The van der Waals surface area contributed by atoms with Crippen LogP contribution in [0.2, 0.25) is 0 Å². The number of benzene rings is 6. The largest absolute Gasteiger partial charge is 0.333 e. The number of para-hydroxylation sites is 2. The van der Waals surface area contributed by atoms with Crippen LogP contribution in [0.4, 0.5) is 11.4 Å². The Labute approximate surface area is 342 Å². The maximum atomic E-state index is 5.60. The van der Waals surface area contributed by atoms with E-state index in [0.29, 0.717) is 5.92 Å². The van der Waals surface area contributed by atoms with Gasteiger partial charge in [-0.3, -0.25) is 4.57 Å². The SMILES string of the molecule is C=C1c2ccccc2N(c2ccccc2)C1C/C(=C\C)c1ccc2c(c1)c1c(n2-c2nc(-c3ccccc3)c3c(ccc4c3c3ccccc3[s+]4C)n2)CC[C@@H](C)C1. The van der Waals surface area contributed by atoms with Gasteiger partial charge in [0.25, 0.3) is 0 Å². The number of aryl methyl sites for hydroxylation is 1. The average molecular weight is 770 g/mol. The Morgan fingerprint density at radius 2 is 1.55 bits per heavy atom. The van der Waals surface area contributed by atoms with E-state index < -0.39 is 0 Å². The first-order valence-electron chi connectivity index (χ1n) is 20.6. The van der Waals surface area contributed by atoms with Crippen LogP contribution in [0, 0.1) is 5.92 Å². The standard InChI is InChI=1S/C53H45N4S/c1-5-35(32-47-34(3)39-20-12-14-22-44(39)56(47)38-18-10-7-11-19-38)37-25-28-46-42(31-37)41-30-33(2)24-27-45(41)57(46)53-54-43-26-29-49-50(40-21-13-15-23-48(40)58(49)4)51(43)52(55-53)36-16-8-6-9-17-36/h5-23,25-26,28-29,31,33,47H,3,24,27,30,32H2,1-2,4H3/q+1/b35-5+/t33-,47?,58?/m1/s1. The van der Waals surface area contributed by atoms with Crippen molar-refractivity contribution >= 4 is 75.0 Å². The minimum atomic E-state index is -0.00831. The highest BCUT2D eigenvalue weighted by Crippen LogP contribution is 2.49. The minimum Gasteiger partial charge on any atom is -0.333 e. The highest BCUT2D eigenvalue weighted by atomic mass is 32.2. The third-order valence-electron chi connectivity index (χ3n) is 12.9. The minimum absolute atomic E-state index is 0.00831. The Hall–Kier alpha value is -6.30. The molecular weight excluding hydrogens is 725 g/mol. The first kappa shape index (κ1) is 34.9. The number of nitrogens with zero attached hydrogens (tertiary/aromatic N) is 4. The van der Waals surface area contributed by atoms with Crippen molar-refractivity contribution in [1.29, 1.82) is 0 Å². The molecule has 0 saturated carbocycles. The number of allylic oxidation sites excluding steroid dienone is 1. The lowest BCUT2D eigenvalue weighted by Crippen LogP contribution is -2.27. The van der Waals surface area contributed by atoms with Crippen molar-refractivity contribution in [2.24, 2.45) is 12.2 Å². The predicted octanol–water partition coefficient (Wildman–Crippen LogP) is 14.0. The molecule has 0 fully saturated rings. The van der Waals surface area contributed by atoms with Crippen LogP contribution < -0.4 is 4.90 Å². The second-order valence-electron chi connectivity index (χ2n) is 16.2. The zero-order valence-electron chi connectivity index (χ0n) is 33.2. The summed E-state index contributed by atoms with van der Waals surface area (Å²) in [7, 11) is -0.00831. The molecular formula is C53H45N4S+. The van der Waals surface area contributed by atoms with E-state index in [9.17, 15) is 0 Å². The molecule has 3 aromatic heterocycles. The maximum absolute atomic E-state index is 5.60. The highest BCUT2D eigenvalue weighted by molar-refractivity contribution is 7.41. The van der Waals surface area contributed by atoms with E-state index in [1.807, 2.05) is 0 Å². The van der Waals surface area contributed by atoms with Crippen LogP contribution in [0.15, 0.2) is 152 Å². The van der Waals surface area contributed by atoms with Gasteiger partial charge in [-0.05, 0) is 120 Å². The summed E-state index contributed by atoms with van der Waals surface area (Å²) in [6.45, 7) is 9.27. The van der Waals surface area contributed by atoms with Crippen LogP contribution in [0.3, 0.4) is 0 Å². The van der Waals surface area contributed by atoms with Crippen molar-refractivity contribution in [2.45, 2.75) is 45.6 Å². The van der Waals surface area contributed by atoms with Crippen LogP contribution in [0.1, 0.15) is 49.1 Å². The summed E-state index contributed by atoms with van der Waals surface area (Å²) in [4.78, 5) is 13.6. The summed E-state index contributed by atoms with van der Waals surface area (Å²) in [6.07, 6.45) is 8.71. The quantitative estimate of drug-likeness (QED) is 0.158. The smallest absolute Gasteiger partial charge is 0.235 e. The van der Waals surface area contributed by atoms with Crippen LogP contribution in [-0.4, -0.2) is 20.6 Å². The van der Waals surface area contributed by atoms with Crippen molar-refractivity contribution in [3.05, 3.63) is 175 Å².